The third kappa shape index (κ3) is 2.34. The minimum atomic E-state index is -0.187. The lowest BCUT2D eigenvalue weighted by atomic mass is 10.1. The fraction of sp³-hybridized carbons (Fsp3) is 0.385. The summed E-state index contributed by atoms with van der Waals surface area (Å²) in [6, 6.07) is 6.93. The zero-order valence-corrected chi connectivity index (χ0v) is 10.4. The highest BCUT2D eigenvalue weighted by Crippen LogP contribution is 2.22. The molecule has 1 aromatic carbocycles. The molecule has 0 saturated heterocycles. The van der Waals surface area contributed by atoms with Gasteiger partial charge in [0.25, 0.3) is 11.8 Å². The maximum absolute atomic E-state index is 12.0. The molecule has 0 radical (unpaired) electrons. The number of benzene rings is 1. The molecule has 0 saturated carbocycles. The van der Waals surface area contributed by atoms with E-state index in [1.165, 1.54) is 4.90 Å². The fourth-order valence-electron chi connectivity index (χ4n) is 1.97. The van der Waals surface area contributed by atoms with Crippen molar-refractivity contribution < 1.29 is 9.59 Å². The van der Waals surface area contributed by atoms with Gasteiger partial charge in [0.1, 0.15) is 0 Å². The second-order valence-corrected chi connectivity index (χ2v) is 4.98. The van der Waals surface area contributed by atoms with Crippen LogP contribution in [0, 0.1) is 0 Å². The smallest absolute Gasteiger partial charge is 0.261 e. The van der Waals surface area contributed by atoms with Crippen LogP contribution in [0.4, 0.5) is 0 Å². The highest BCUT2D eigenvalue weighted by atomic mass is 35.5. The first-order chi connectivity index (χ1) is 8.11. The molecule has 1 unspecified atom stereocenters. The molecule has 1 heterocycles. The molecule has 1 aromatic rings. The number of hydrogen-bond acceptors (Lipinski definition) is 2. The van der Waals surface area contributed by atoms with Crippen LogP contribution < -0.4 is 0 Å². The zero-order chi connectivity index (χ0) is 12.4. The van der Waals surface area contributed by atoms with Crippen LogP contribution in [0.5, 0.6) is 0 Å². The van der Waals surface area contributed by atoms with E-state index in [2.05, 4.69) is 0 Å². The predicted octanol–water partition coefficient (Wildman–Crippen LogP) is 2.69. The summed E-state index contributed by atoms with van der Waals surface area (Å²) in [6.45, 7) is 2.35. The molecule has 1 aliphatic rings. The number of halogens is 1. The summed E-state index contributed by atoms with van der Waals surface area (Å²) < 4.78 is 0. The van der Waals surface area contributed by atoms with Crippen molar-refractivity contribution in [2.45, 2.75) is 25.1 Å². The minimum absolute atomic E-state index is 0.0742. The predicted molar refractivity (Wildman–Crippen MR) is 66.4 cm³/mol. The van der Waals surface area contributed by atoms with Gasteiger partial charge in [0.15, 0.2) is 0 Å². The van der Waals surface area contributed by atoms with E-state index >= 15 is 0 Å². The average molecular weight is 252 g/mol. The van der Waals surface area contributed by atoms with Gasteiger partial charge in [-0.3, -0.25) is 14.5 Å². The Morgan fingerprint density at radius 3 is 2.18 bits per heavy atom. The quantitative estimate of drug-likeness (QED) is 0.610. The van der Waals surface area contributed by atoms with Gasteiger partial charge >= 0.3 is 0 Å². The summed E-state index contributed by atoms with van der Waals surface area (Å²) in [7, 11) is 0. The molecule has 0 bridgehead atoms. The van der Waals surface area contributed by atoms with Gasteiger partial charge in [-0.1, -0.05) is 12.1 Å². The lowest BCUT2D eigenvalue weighted by Crippen LogP contribution is -2.30. The van der Waals surface area contributed by atoms with E-state index in [0.717, 1.165) is 12.8 Å². The molecule has 2 rings (SSSR count). The van der Waals surface area contributed by atoms with Crippen LogP contribution in [0.1, 0.15) is 40.5 Å². The van der Waals surface area contributed by atoms with E-state index < -0.39 is 0 Å². The fourth-order valence-corrected chi connectivity index (χ4v) is 2.13. The molecule has 0 spiro atoms. The van der Waals surface area contributed by atoms with Crippen LogP contribution in [0.2, 0.25) is 0 Å². The summed E-state index contributed by atoms with van der Waals surface area (Å²) in [4.78, 5) is 25.2. The molecule has 0 aliphatic carbocycles. The van der Waals surface area contributed by atoms with Crippen molar-refractivity contribution in [3.8, 4) is 0 Å². The van der Waals surface area contributed by atoms with Gasteiger partial charge in [0, 0.05) is 11.9 Å². The highest BCUT2D eigenvalue weighted by Gasteiger charge is 2.34. The van der Waals surface area contributed by atoms with Crippen LogP contribution in [0.3, 0.4) is 0 Å². The van der Waals surface area contributed by atoms with Gasteiger partial charge in [0.2, 0.25) is 0 Å². The Hall–Kier alpha value is -1.35. The molecule has 2 amide bonds. The van der Waals surface area contributed by atoms with E-state index in [1.807, 2.05) is 6.92 Å². The van der Waals surface area contributed by atoms with Crippen molar-refractivity contribution in [3.05, 3.63) is 35.4 Å². The standard InChI is InChI=1S/C13H14ClNO2/c1-9(14)5-4-8-15-12(16)10-6-2-3-7-11(10)13(15)17/h2-3,6-7,9H,4-5,8H2,1H3. The van der Waals surface area contributed by atoms with Gasteiger partial charge in [-0.05, 0) is 31.9 Å². The molecular formula is C13H14ClNO2. The van der Waals surface area contributed by atoms with Crippen molar-refractivity contribution >= 4 is 23.4 Å². The maximum Gasteiger partial charge on any atom is 0.261 e. The van der Waals surface area contributed by atoms with Gasteiger partial charge in [-0.15, -0.1) is 11.6 Å². The number of alkyl halides is 1. The number of carbonyl (C=O) groups excluding carboxylic acids is 2. The van der Waals surface area contributed by atoms with Crippen molar-refractivity contribution in [2.75, 3.05) is 6.54 Å². The first kappa shape index (κ1) is 12.1. The number of carbonyl (C=O) groups is 2. The number of fused-ring (bicyclic) bond motifs is 1. The SMILES string of the molecule is CC(Cl)CCCN1C(=O)c2ccccc2C1=O. The molecule has 4 heteroatoms. The van der Waals surface area contributed by atoms with Crippen LogP contribution in [-0.4, -0.2) is 28.6 Å². The summed E-state index contributed by atoms with van der Waals surface area (Å²) in [5.74, 6) is -0.374. The Kier molecular flexibility index (Phi) is 3.48. The highest BCUT2D eigenvalue weighted by molar-refractivity contribution is 6.21. The molecule has 90 valence electrons. The van der Waals surface area contributed by atoms with Crippen LogP contribution in [0.25, 0.3) is 0 Å². The van der Waals surface area contributed by atoms with E-state index in [9.17, 15) is 9.59 Å². The molecule has 1 aliphatic heterocycles. The number of imide groups is 1. The topological polar surface area (TPSA) is 37.4 Å². The lowest BCUT2D eigenvalue weighted by molar-refractivity contribution is 0.0651. The zero-order valence-electron chi connectivity index (χ0n) is 9.65. The van der Waals surface area contributed by atoms with Crippen LogP contribution in [-0.2, 0) is 0 Å². The molecule has 0 N–H and O–H groups in total. The van der Waals surface area contributed by atoms with E-state index in [4.69, 9.17) is 11.6 Å². The lowest BCUT2D eigenvalue weighted by Gasteiger charge is -2.13. The first-order valence-corrected chi connectivity index (χ1v) is 6.14. The third-order valence-corrected chi connectivity index (χ3v) is 3.08. The van der Waals surface area contributed by atoms with Crippen molar-refractivity contribution in [2.24, 2.45) is 0 Å². The molecular weight excluding hydrogens is 238 g/mol. The largest absolute Gasteiger partial charge is 0.274 e. The van der Waals surface area contributed by atoms with E-state index in [1.54, 1.807) is 24.3 Å². The summed E-state index contributed by atoms with van der Waals surface area (Å²) in [6.07, 6.45) is 1.55. The van der Waals surface area contributed by atoms with Crippen LogP contribution in [0.15, 0.2) is 24.3 Å². The number of nitrogens with zero attached hydrogens (tertiary/aromatic N) is 1. The third-order valence-electron chi connectivity index (χ3n) is 2.86. The Morgan fingerprint density at radius 1 is 1.18 bits per heavy atom. The number of rotatable bonds is 4. The molecule has 0 fully saturated rings. The Bertz CT molecular complexity index is 421. The summed E-state index contributed by atoms with van der Waals surface area (Å²) in [5.41, 5.74) is 1.02. The van der Waals surface area contributed by atoms with Gasteiger partial charge in [-0.25, -0.2) is 0 Å². The Balaban J connectivity index is 2.08. The minimum Gasteiger partial charge on any atom is -0.274 e. The van der Waals surface area contributed by atoms with E-state index in [0.29, 0.717) is 17.7 Å². The van der Waals surface area contributed by atoms with Crippen LogP contribution >= 0.6 is 11.6 Å². The van der Waals surface area contributed by atoms with E-state index in [-0.39, 0.29) is 17.2 Å². The first-order valence-electron chi connectivity index (χ1n) is 5.70. The van der Waals surface area contributed by atoms with Gasteiger partial charge in [-0.2, -0.15) is 0 Å². The second-order valence-electron chi connectivity index (χ2n) is 4.23. The number of amides is 2. The normalized spacial score (nSPS) is 16.2. The monoisotopic (exact) mass is 251 g/mol. The summed E-state index contributed by atoms with van der Waals surface area (Å²) >= 11 is 5.84. The second kappa shape index (κ2) is 4.88. The molecule has 0 aromatic heterocycles. The molecule has 3 nitrogen and oxygen atoms in total. The van der Waals surface area contributed by atoms with Gasteiger partial charge < -0.3 is 0 Å². The van der Waals surface area contributed by atoms with Crippen molar-refractivity contribution in [1.29, 1.82) is 0 Å². The average Bonchev–Trinajstić information content (AvgIpc) is 2.54. The maximum atomic E-state index is 12.0. The Morgan fingerprint density at radius 2 is 1.71 bits per heavy atom. The summed E-state index contributed by atoms with van der Waals surface area (Å²) in [5, 5.41) is 0.0742. The molecule has 17 heavy (non-hydrogen) atoms. The Labute approximate surface area is 105 Å². The van der Waals surface area contributed by atoms with Crippen molar-refractivity contribution in [1.82, 2.24) is 4.90 Å². The van der Waals surface area contributed by atoms with Crippen molar-refractivity contribution in [3.63, 3.8) is 0 Å². The molecule has 1 atom stereocenters. The van der Waals surface area contributed by atoms with Gasteiger partial charge in [0.05, 0.1) is 11.1 Å². The number of hydrogen-bond donors (Lipinski definition) is 0.